The van der Waals surface area contributed by atoms with E-state index >= 15 is 0 Å². The minimum Gasteiger partial charge on any atom is -0.478 e. The predicted molar refractivity (Wildman–Crippen MR) is 325 cm³/mol. The van der Waals surface area contributed by atoms with Gasteiger partial charge in [-0.05, 0) is 92.8 Å². The van der Waals surface area contributed by atoms with Gasteiger partial charge in [-0.1, -0.05) is 54.6 Å². The minimum absolute atomic E-state index is 0. The summed E-state index contributed by atoms with van der Waals surface area (Å²) in [7, 11) is 1.34. The highest BCUT2D eigenvalue weighted by molar-refractivity contribution is 9.10. The number of ether oxygens (including phenoxy) is 1. The number of aromatic nitrogens is 6. The first-order chi connectivity index (χ1) is 41.8. The van der Waals surface area contributed by atoms with E-state index in [1.165, 1.54) is 31.8 Å². The van der Waals surface area contributed by atoms with Gasteiger partial charge in [-0.3, -0.25) is 44.3 Å². The van der Waals surface area contributed by atoms with Crippen LogP contribution < -0.4 is 11.5 Å². The number of likely N-dealkylation sites (tertiary alicyclic amines) is 2. The lowest BCUT2D eigenvalue weighted by Gasteiger charge is -2.19. The number of halogens is 6. The number of carboxylic acid groups (broad SMARTS) is 1. The third kappa shape index (κ3) is 17.9. The highest BCUT2D eigenvalue weighted by atomic mass is 79.9. The van der Waals surface area contributed by atoms with E-state index in [0.717, 1.165) is 59.3 Å². The maximum absolute atomic E-state index is 13.6. The molecule has 0 aliphatic carbocycles. The summed E-state index contributed by atoms with van der Waals surface area (Å²) in [6.07, 6.45) is 13.9. The number of Topliss-reactive ketones (excluding diaryl/α,β-unsaturated/α-hetero) is 1. The zero-order valence-corrected chi connectivity index (χ0v) is 49.3. The second-order valence-electron chi connectivity index (χ2n) is 19.5. The van der Waals surface area contributed by atoms with Crippen LogP contribution in [-0.4, -0.2) is 125 Å². The third-order valence-electron chi connectivity index (χ3n) is 13.7. The Bertz CT molecular complexity index is 4030. The van der Waals surface area contributed by atoms with Gasteiger partial charge >= 0.3 is 11.9 Å². The van der Waals surface area contributed by atoms with Crippen LogP contribution >= 0.6 is 28.3 Å². The Balaban J connectivity index is 0.000000189. The van der Waals surface area contributed by atoms with E-state index in [1.54, 1.807) is 61.5 Å². The summed E-state index contributed by atoms with van der Waals surface area (Å²) in [6, 6.07) is 34.9. The largest absolute Gasteiger partial charge is 0.478 e. The van der Waals surface area contributed by atoms with Gasteiger partial charge in [0.2, 0.25) is 11.8 Å². The van der Waals surface area contributed by atoms with Crippen molar-refractivity contribution in [3.8, 4) is 12.1 Å². The van der Waals surface area contributed by atoms with Crippen molar-refractivity contribution >= 4 is 96.3 Å². The number of carboxylic acids is 1. The molecular weight excluding hydrogens is 1230 g/mol. The second-order valence-corrected chi connectivity index (χ2v) is 20.4. The number of anilines is 1. The normalized spacial score (nSPS) is 14.9. The number of pyridine rings is 6. The smallest absolute Gasteiger partial charge is 0.339 e. The van der Waals surface area contributed by atoms with E-state index in [2.05, 4.69) is 50.6 Å². The number of hydrogen-bond donors (Lipinski definition) is 3. The summed E-state index contributed by atoms with van der Waals surface area (Å²) >= 11 is 3.17. The molecule has 0 spiro atoms. The van der Waals surface area contributed by atoms with Gasteiger partial charge in [-0.15, -0.1) is 12.4 Å². The van der Waals surface area contributed by atoms with Crippen LogP contribution in [0.4, 0.5) is 23.2 Å². The Kier molecular flexibility index (Phi) is 24.1. The lowest BCUT2D eigenvalue weighted by atomic mass is 9.96. The molecule has 0 bridgehead atoms. The molecular formula is C63H56BrClF4N12O7. The molecule has 2 fully saturated rings. The first kappa shape index (κ1) is 67.2. The highest BCUT2D eigenvalue weighted by Gasteiger charge is 2.48. The number of para-hydroxylation sites is 3. The molecule has 11 rings (SSSR count). The molecule has 6 aromatic heterocycles. The number of benzene rings is 3. The van der Waals surface area contributed by atoms with Crippen molar-refractivity contribution in [1.29, 1.82) is 10.5 Å². The molecule has 8 heterocycles. The molecule has 88 heavy (non-hydrogen) atoms. The van der Waals surface area contributed by atoms with Gasteiger partial charge in [0.25, 0.3) is 11.8 Å². The number of nitrogens with zero attached hydrogens (tertiary/aromatic N) is 10. The van der Waals surface area contributed by atoms with Gasteiger partial charge in [-0.2, -0.15) is 10.5 Å². The molecule has 25 heteroatoms. The van der Waals surface area contributed by atoms with E-state index in [1.807, 2.05) is 91.0 Å². The molecule has 2 atom stereocenters. The van der Waals surface area contributed by atoms with Crippen molar-refractivity contribution in [3.63, 3.8) is 0 Å². The Morgan fingerprint density at radius 1 is 0.602 bits per heavy atom. The number of nitrogens with two attached hydrogens (primary N) is 2. The number of hydrogen-bond acceptors (Lipinski definition) is 16. The number of nitrogen functional groups attached to an aromatic ring is 1. The predicted octanol–water partition coefficient (Wildman–Crippen LogP) is 10.4. The molecule has 0 saturated carbocycles. The molecule has 9 aromatic rings. The van der Waals surface area contributed by atoms with E-state index < -0.39 is 67.6 Å². The summed E-state index contributed by atoms with van der Waals surface area (Å²) < 4.78 is 57.9. The maximum Gasteiger partial charge on any atom is 0.339 e. The monoisotopic (exact) mass is 1280 g/mol. The second kappa shape index (κ2) is 31.5. The Labute approximate surface area is 516 Å². The van der Waals surface area contributed by atoms with Gasteiger partial charge < -0.3 is 31.1 Å². The molecule has 2 amide bonds. The van der Waals surface area contributed by atoms with E-state index in [4.69, 9.17) is 22.0 Å². The lowest BCUT2D eigenvalue weighted by molar-refractivity contribution is -0.132. The molecule has 5 N–H and O–H groups in total. The molecule has 2 aliphatic heterocycles. The molecule has 2 aliphatic rings. The number of aromatic carboxylic acids is 1. The number of carbonyl (C=O) groups is 5. The number of rotatable bonds is 11. The Morgan fingerprint density at radius 2 is 1.03 bits per heavy atom. The van der Waals surface area contributed by atoms with Crippen LogP contribution in [0, 0.1) is 22.7 Å². The number of esters is 1. The van der Waals surface area contributed by atoms with Crippen LogP contribution in [0.3, 0.4) is 0 Å². The fraction of sp³-hybridized carbons (Fsp3) is 0.222. The summed E-state index contributed by atoms with van der Waals surface area (Å²) in [5, 5.41) is 29.8. The van der Waals surface area contributed by atoms with Crippen molar-refractivity contribution in [2.75, 3.05) is 32.5 Å². The zero-order valence-electron chi connectivity index (χ0n) is 46.9. The standard InChI is InChI=1S/C24H20F2N4O2.C16H12N2O2.C9H8N2.C7H6BrNO2.C7H9F2N3O.ClH/c25-24(26)12-18(13-27)30(15-24)23(32)6-5-22(31)20-8-9-28-14-17(20)11-16-7-10-29-21-4-2-1-3-19(16)21;19-16(20)14-6-7-17-10-12(14)9-11-5-8-18-15-4-2-1-3-13(11)15;10-8-5-6-11-9-4-2-1-3-7(8)9;1-11-7(10)5-2-3-9-4-6(5)8;8-7(9)1-5(2-10)12(4-7)6(13)3-11;/h1-4,7-10,14,18H,5-6,11-12,15H2;1-8,10H,9H2,(H,19,20);1-6H,(H2,10,11);2-4H,1H3;5H,1,3-4,11H2;1H/t18-;;;;5-;/m0...0./s1. The average Bonchev–Trinajstić information content (AvgIpc) is 4.18. The number of nitriles is 2. The summed E-state index contributed by atoms with van der Waals surface area (Å²) in [5.74, 6) is -8.81. The molecule has 0 radical (unpaired) electrons. The number of alkyl halides is 4. The number of amides is 2. The maximum atomic E-state index is 13.6. The van der Waals surface area contributed by atoms with Crippen molar-refractivity contribution < 1.29 is 51.4 Å². The van der Waals surface area contributed by atoms with Gasteiger partial charge in [0.1, 0.15) is 12.1 Å². The lowest BCUT2D eigenvalue weighted by Crippen LogP contribution is -2.39. The summed E-state index contributed by atoms with van der Waals surface area (Å²) in [6.45, 7) is -1.82. The summed E-state index contributed by atoms with van der Waals surface area (Å²) in [5.41, 5.74) is 18.9. The van der Waals surface area contributed by atoms with Gasteiger partial charge in [0, 0.05) is 122 Å². The van der Waals surface area contributed by atoms with E-state index in [9.17, 15) is 46.6 Å². The fourth-order valence-corrected chi connectivity index (χ4v) is 9.83. The van der Waals surface area contributed by atoms with E-state index in [-0.39, 0.29) is 43.5 Å². The molecule has 0 unspecified atom stereocenters. The number of fused-ring (bicyclic) bond motifs is 3. The molecule has 3 aromatic carbocycles. The van der Waals surface area contributed by atoms with Crippen molar-refractivity contribution in [1.82, 2.24) is 39.7 Å². The number of carbonyl (C=O) groups excluding carboxylic acids is 4. The van der Waals surface area contributed by atoms with Gasteiger partial charge in [0.15, 0.2) is 5.78 Å². The van der Waals surface area contributed by atoms with Gasteiger partial charge in [0.05, 0.1) is 71.0 Å². The van der Waals surface area contributed by atoms with Crippen molar-refractivity contribution in [2.45, 2.75) is 62.5 Å². The zero-order chi connectivity index (χ0) is 62.7. The minimum atomic E-state index is -3.08. The van der Waals surface area contributed by atoms with Crippen LogP contribution in [-0.2, 0) is 27.2 Å². The van der Waals surface area contributed by atoms with E-state index in [0.29, 0.717) is 45.1 Å². The number of methoxy groups -OCH3 is 1. The van der Waals surface area contributed by atoms with Crippen molar-refractivity contribution in [3.05, 3.63) is 208 Å². The van der Waals surface area contributed by atoms with Crippen LogP contribution in [0.2, 0.25) is 0 Å². The fourth-order valence-electron chi connectivity index (χ4n) is 9.42. The average molecular weight is 1280 g/mol. The van der Waals surface area contributed by atoms with Crippen LogP contribution in [0.1, 0.15) is 79.0 Å². The van der Waals surface area contributed by atoms with Gasteiger partial charge in [-0.25, -0.2) is 27.2 Å². The van der Waals surface area contributed by atoms with Crippen LogP contribution in [0.15, 0.2) is 169 Å². The third-order valence-corrected chi connectivity index (χ3v) is 14.3. The number of ketones is 1. The first-order valence-electron chi connectivity index (χ1n) is 26.6. The summed E-state index contributed by atoms with van der Waals surface area (Å²) in [4.78, 5) is 85.0. The molecule has 2 saturated heterocycles. The SMILES string of the molecule is COC(=O)c1ccncc1Br.Cl.N#C[C@@H]1CC(F)(F)CN1C(=O)CCC(=O)c1ccncc1Cc1ccnc2ccccc12.N#C[C@@H]1CC(F)(F)CN1C(=O)CN.Nc1ccnc2ccccc12.O=C(O)c1ccncc1Cc1ccnc2ccccc12. The van der Waals surface area contributed by atoms with Crippen LogP contribution in [0.5, 0.6) is 0 Å². The molecule has 452 valence electrons. The van der Waals surface area contributed by atoms with Crippen LogP contribution in [0.25, 0.3) is 32.7 Å². The topological polar surface area (TPSA) is 298 Å². The van der Waals surface area contributed by atoms with Crippen molar-refractivity contribution in [2.24, 2.45) is 5.73 Å². The Hall–Kier alpha value is -9.88. The first-order valence-corrected chi connectivity index (χ1v) is 27.4. The quantitative estimate of drug-likeness (QED) is 0.0616. The highest BCUT2D eigenvalue weighted by Crippen LogP contribution is 2.33. The molecule has 19 nitrogen and oxygen atoms in total. The Morgan fingerprint density at radius 3 is 1.50 bits per heavy atom.